The molecule has 3 unspecified atom stereocenters. The summed E-state index contributed by atoms with van der Waals surface area (Å²) in [6.45, 7) is 13.6. The highest BCUT2D eigenvalue weighted by atomic mass is 16.5. The normalized spacial score (nSPS) is 44.8. The van der Waals surface area contributed by atoms with E-state index in [9.17, 15) is 0 Å². The lowest BCUT2D eigenvalue weighted by molar-refractivity contribution is -0.213. The molecule has 0 aromatic rings. The van der Waals surface area contributed by atoms with Gasteiger partial charge < -0.3 is 4.74 Å². The molecule has 0 aromatic heterocycles. The summed E-state index contributed by atoms with van der Waals surface area (Å²) < 4.78 is 6.43. The number of hydrogen-bond donors (Lipinski definition) is 0. The van der Waals surface area contributed by atoms with Crippen molar-refractivity contribution in [3.8, 4) is 0 Å². The number of fused-ring (bicyclic) bond motifs is 2. The van der Waals surface area contributed by atoms with E-state index in [0.29, 0.717) is 0 Å². The third-order valence-corrected chi connectivity index (χ3v) is 5.39. The fraction of sp³-hybridized carbons (Fsp3) is 0.750. The molecule has 2 bridgehead atoms. The van der Waals surface area contributed by atoms with Crippen molar-refractivity contribution in [3.63, 3.8) is 0 Å². The summed E-state index contributed by atoms with van der Waals surface area (Å²) in [6, 6.07) is 0. The Labute approximate surface area is 106 Å². The second-order valence-corrected chi connectivity index (χ2v) is 6.82. The van der Waals surface area contributed by atoms with Crippen molar-refractivity contribution in [1.29, 1.82) is 0 Å². The van der Waals surface area contributed by atoms with Crippen molar-refractivity contribution in [2.75, 3.05) is 0 Å². The van der Waals surface area contributed by atoms with Crippen molar-refractivity contribution in [2.45, 2.75) is 66.1 Å². The molecule has 3 atom stereocenters. The van der Waals surface area contributed by atoms with Gasteiger partial charge in [0.05, 0.1) is 11.7 Å². The molecule has 0 amide bonds. The number of hydrogen-bond acceptors (Lipinski definition) is 1. The van der Waals surface area contributed by atoms with Crippen LogP contribution in [0.1, 0.15) is 54.4 Å². The summed E-state index contributed by atoms with van der Waals surface area (Å²) in [5.41, 5.74) is 1.89. The smallest absolute Gasteiger partial charge is 0.0853 e. The maximum atomic E-state index is 6.43. The largest absolute Gasteiger partial charge is 0.367 e. The molecule has 1 aliphatic carbocycles. The molecule has 1 fully saturated rings. The lowest BCUT2D eigenvalue weighted by Gasteiger charge is -2.60. The predicted octanol–water partition coefficient (Wildman–Crippen LogP) is 4.49. The highest BCUT2D eigenvalue weighted by Crippen LogP contribution is 2.59. The van der Waals surface area contributed by atoms with Gasteiger partial charge in [0.2, 0.25) is 0 Å². The molecule has 96 valence electrons. The van der Waals surface area contributed by atoms with Crippen LogP contribution in [0.15, 0.2) is 23.8 Å². The van der Waals surface area contributed by atoms with Crippen LogP contribution in [0.4, 0.5) is 0 Å². The molecule has 0 spiro atoms. The summed E-state index contributed by atoms with van der Waals surface area (Å²) in [5, 5.41) is 0. The van der Waals surface area contributed by atoms with Gasteiger partial charge in [0.25, 0.3) is 0 Å². The van der Waals surface area contributed by atoms with Gasteiger partial charge in [-0.1, -0.05) is 37.6 Å². The molecule has 0 aromatic carbocycles. The number of allylic oxidation sites excluding steroid dienone is 2. The summed E-state index contributed by atoms with van der Waals surface area (Å²) in [6.07, 6.45) is 9.37. The monoisotopic (exact) mass is 234 g/mol. The highest BCUT2D eigenvalue weighted by Gasteiger charge is 2.56. The van der Waals surface area contributed by atoms with E-state index in [1.54, 1.807) is 0 Å². The van der Waals surface area contributed by atoms with Crippen LogP contribution in [-0.4, -0.2) is 11.7 Å². The molecule has 0 radical (unpaired) electrons. The standard InChI is InChI=1S/C16H26O/c1-7-8-13-16(6)11-15(5,10-9-12(16)2)14(3,4)17-13/h7-9,13H,10-11H2,1-6H3/b8-7+. The molecule has 1 saturated heterocycles. The fourth-order valence-corrected chi connectivity index (χ4v) is 3.43. The average molecular weight is 234 g/mol. The molecule has 0 saturated carbocycles. The summed E-state index contributed by atoms with van der Waals surface area (Å²) in [7, 11) is 0. The van der Waals surface area contributed by atoms with Crippen molar-refractivity contribution >= 4 is 0 Å². The van der Waals surface area contributed by atoms with E-state index in [2.05, 4.69) is 59.8 Å². The second-order valence-electron chi connectivity index (χ2n) is 6.82. The van der Waals surface area contributed by atoms with Gasteiger partial charge in [-0.3, -0.25) is 0 Å². The van der Waals surface area contributed by atoms with Crippen LogP contribution in [-0.2, 0) is 4.74 Å². The van der Waals surface area contributed by atoms with Crippen LogP contribution in [0, 0.1) is 10.8 Å². The lowest BCUT2D eigenvalue weighted by Crippen LogP contribution is -2.59. The molecule has 1 heteroatoms. The summed E-state index contributed by atoms with van der Waals surface area (Å²) in [5.74, 6) is 0. The van der Waals surface area contributed by atoms with Gasteiger partial charge in [0, 0.05) is 10.8 Å². The highest BCUT2D eigenvalue weighted by molar-refractivity contribution is 5.26. The Hall–Kier alpha value is -0.560. The van der Waals surface area contributed by atoms with E-state index in [1.807, 2.05) is 0 Å². The Morgan fingerprint density at radius 3 is 2.53 bits per heavy atom. The van der Waals surface area contributed by atoms with Crippen molar-refractivity contribution in [2.24, 2.45) is 10.8 Å². The molecular formula is C16H26O. The zero-order chi connectivity index (χ0) is 12.9. The maximum absolute atomic E-state index is 6.43. The molecule has 1 aliphatic heterocycles. The van der Waals surface area contributed by atoms with Crippen molar-refractivity contribution < 1.29 is 4.74 Å². The predicted molar refractivity (Wildman–Crippen MR) is 73.0 cm³/mol. The van der Waals surface area contributed by atoms with Crippen LogP contribution >= 0.6 is 0 Å². The quantitative estimate of drug-likeness (QED) is 0.607. The van der Waals surface area contributed by atoms with Gasteiger partial charge in [-0.25, -0.2) is 0 Å². The molecule has 2 rings (SSSR count). The van der Waals surface area contributed by atoms with E-state index < -0.39 is 0 Å². The Morgan fingerprint density at radius 2 is 1.94 bits per heavy atom. The van der Waals surface area contributed by atoms with E-state index >= 15 is 0 Å². The van der Waals surface area contributed by atoms with Gasteiger partial charge in [0.1, 0.15) is 0 Å². The first kappa shape index (κ1) is 12.9. The Balaban J connectivity index is 2.49. The first-order valence-electron chi connectivity index (χ1n) is 6.73. The van der Waals surface area contributed by atoms with Gasteiger partial charge in [-0.05, 0) is 40.5 Å². The van der Waals surface area contributed by atoms with Crippen molar-refractivity contribution in [1.82, 2.24) is 0 Å². The minimum Gasteiger partial charge on any atom is -0.367 e. The fourth-order valence-electron chi connectivity index (χ4n) is 3.43. The third kappa shape index (κ3) is 1.71. The maximum Gasteiger partial charge on any atom is 0.0853 e. The summed E-state index contributed by atoms with van der Waals surface area (Å²) in [4.78, 5) is 0. The zero-order valence-electron chi connectivity index (χ0n) is 12.1. The lowest BCUT2D eigenvalue weighted by atomic mass is 9.54. The SMILES string of the molecule is C/C=C/C1OC(C)(C)C2(C)CC=C(C)C1(C)C2. The minimum absolute atomic E-state index is 0.0477. The molecule has 0 N–H and O–H groups in total. The number of rotatable bonds is 1. The van der Waals surface area contributed by atoms with Crippen molar-refractivity contribution in [3.05, 3.63) is 23.8 Å². The third-order valence-electron chi connectivity index (χ3n) is 5.39. The van der Waals surface area contributed by atoms with Crippen LogP contribution in [0.2, 0.25) is 0 Å². The van der Waals surface area contributed by atoms with Crippen LogP contribution in [0.3, 0.4) is 0 Å². The Kier molecular flexibility index (Phi) is 2.82. The second kappa shape index (κ2) is 3.71. The van der Waals surface area contributed by atoms with E-state index in [1.165, 1.54) is 12.0 Å². The zero-order valence-corrected chi connectivity index (χ0v) is 12.1. The molecule has 17 heavy (non-hydrogen) atoms. The van der Waals surface area contributed by atoms with Crippen LogP contribution in [0.5, 0.6) is 0 Å². The van der Waals surface area contributed by atoms with E-state index in [0.717, 1.165) is 6.42 Å². The van der Waals surface area contributed by atoms with Crippen LogP contribution in [0.25, 0.3) is 0 Å². The topological polar surface area (TPSA) is 9.23 Å². The molecular weight excluding hydrogens is 208 g/mol. The van der Waals surface area contributed by atoms with Crippen LogP contribution < -0.4 is 0 Å². The molecule has 1 nitrogen and oxygen atoms in total. The van der Waals surface area contributed by atoms with E-state index in [-0.39, 0.29) is 22.5 Å². The first-order valence-corrected chi connectivity index (χ1v) is 6.73. The van der Waals surface area contributed by atoms with Gasteiger partial charge in [0.15, 0.2) is 0 Å². The Morgan fingerprint density at radius 1 is 1.29 bits per heavy atom. The van der Waals surface area contributed by atoms with Gasteiger partial charge >= 0.3 is 0 Å². The van der Waals surface area contributed by atoms with Gasteiger partial charge in [-0.2, -0.15) is 0 Å². The minimum atomic E-state index is -0.0477. The average Bonchev–Trinajstić information content (AvgIpc) is 2.22. The van der Waals surface area contributed by atoms with E-state index in [4.69, 9.17) is 4.74 Å². The number of ether oxygens (including phenoxy) is 1. The first-order chi connectivity index (χ1) is 7.75. The Bertz CT molecular complexity index is 377. The summed E-state index contributed by atoms with van der Waals surface area (Å²) >= 11 is 0. The molecule has 2 aliphatic rings. The molecule has 1 heterocycles. The van der Waals surface area contributed by atoms with Gasteiger partial charge in [-0.15, -0.1) is 0 Å².